The molecule has 1 aromatic carbocycles. The number of hydrogen-bond acceptors (Lipinski definition) is 5. The summed E-state index contributed by atoms with van der Waals surface area (Å²) in [5, 5.41) is 0. The van der Waals surface area contributed by atoms with Crippen LogP contribution in [-0.2, 0) is 14.3 Å². The summed E-state index contributed by atoms with van der Waals surface area (Å²) in [6.07, 6.45) is 0. The van der Waals surface area contributed by atoms with Crippen molar-refractivity contribution in [3.05, 3.63) is 29.8 Å². The normalized spacial score (nSPS) is 24.5. The molecule has 3 rings (SSSR count). The van der Waals surface area contributed by atoms with Crippen LogP contribution in [-0.4, -0.2) is 62.5 Å². The third-order valence-electron chi connectivity index (χ3n) is 4.70. The average molecular weight is 337 g/mol. The Hall–Kier alpha value is -2.15. The minimum Gasteiger partial charge on any atom is -0.497 e. The molecule has 0 bridgehead atoms. The third-order valence-corrected chi connectivity index (χ3v) is 4.70. The summed E-state index contributed by atoms with van der Waals surface area (Å²) in [5.74, 6) is -0.725. The zero-order valence-corrected chi connectivity index (χ0v) is 13.7. The van der Waals surface area contributed by atoms with E-state index >= 15 is 4.39 Å². The van der Waals surface area contributed by atoms with E-state index in [0.29, 0.717) is 11.3 Å². The molecule has 1 atom stereocenters. The smallest absolute Gasteiger partial charge is 0.346 e. The van der Waals surface area contributed by atoms with Gasteiger partial charge in [0.25, 0.3) is 5.91 Å². The maximum Gasteiger partial charge on any atom is 0.346 e. The molecule has 0 N–H and O–H groups in total. The number of methoxy groups -OCH3 is 1. The highest BCUT2D eigenvalue weighted by Crippen LogP contribution is 2.48. The van der Waals surface area contributed by atoms with Gasteiger partial charge in [0.1, 0.15) is 5.75 Å². The molecule has 0 radical (unpaired) electrons. The van der Waals surface area contributed by atoms with Crippen LogP contribution in [0, 0.1) is 5.41 Å². The van der Waals surface area contributed by atoms with E-state index in [1.54, 1.807) is 31.2 Å². The molecule has 1 amide bonds. The molecule has 2 aliphatic rings. The van der Waals surface area contributed by atoms with Crippen molar-refractivity contribution in [3.63, 3.8) is 0 Å². The zero-order chi connectivity index (χ0) is 17.4. The lowest BCUT2D eigenvalue weighted by Gasteiger charge is -2.43. The van der Waals surface area contributed by atoms with Gasteiger partial charge in [-0.1, -0.05) is 6.07 Å². The second-order valence-electron chi connectivity index (χ2n) is 6.19. The van der Waals surface area contributed by atoms with Gasteiger partial charge in [0.05, 0.1) is 38.9 Å². The fourth-order valence-corrected chi connectivity index (χ4v) is 3.25. The lowest BCUT2D eigenvalue weighted by molar-refractivity contribution is -0.196. The summed E-state index contributed by atoms with van der Waals surface area (Å²) >= 11 is 0. The van der Waals surface area contributed by atoms with Gasteiger partial charge in [-0.05, 0) is 25.1 Å². The molecule has 2 aliphatic heterocycles. The zero-order valence-electron chi connectivity index (χ0n) is 13.7. The highest BCUT2D eigenvalue weighted by Gasteiger charge is 2.68. The van der Waals surface area contributed by atoms with E-state index in [1.165, 1.54) is 12.0 Å². The van der Waals surface area contributed by atoms with E-state index in [9.17, 15) is 9.59 Å². The van der Waals surface area contributed by atoms with Crippen LogP contribution in [0.1, 0.15) is 17.3 Å². The Morgan fingerprint density at radius 3 is 2.67 bits per heavy atom. The molecule has 24 heavy (non-hydrogen) atoms. The lowest BCUT2D eigenvalue weighted by Crippen LogP contribution is -2.61. The van der Waals surface area contributed by atoms with Crippen LogP contribution in [0.15, 0.2) is 24.3 Å². The largest absolute Gasteiger partial charge is 0.497 e. The second-order valence-corrected chi connectivity index (χ2v) is 6.19. The van der Waals surface area contributed by atoms with Gasteiger partial charge >= 0.3 is 5.97 Å². The highest BCUT2D eigenvalue weighted by atomic mass is 19.1. The molecular weight excluding hydrogens is 317 g/mol. The number of benzene rings is 1. The minimum atomic E-state index is -2.24. The van der Waals surface area contributed by atoms with Crippen molar-refractivity contribution in [3.8, 4) is 5.75 Å². The first-order valence-corrected chi connectivity index (χ1v) is 7.83. The van der Waals surface area contributed by atoms with E-state index in [4.69, 9.17) is 14.2 Å². The van der Waals surface area contributed by atoms with Gasteiger partial charge in [-0.3, -0.25) is 4.79 Å². The molecule has 1 aromatic rings. The van der Waals surface area contributed by atoms with E-state index in [2.05, 4.69) is 0 Å². The number of likely N-dealkylation sites (tertiary alicyclic amines) is 1. The number of carbonyl (C=O) groups excluding carboxylic acids is 2. The number of ether oxygens (including phenoxy) is 3. The predicted molar refractivity (Wildman–Crippen MR) is 82.6 cm³/mol. The van der Waals surface area contributed by atoms with E-state index in [-0.39, 0.29) is 38.8 Å². The first-order chi connectivity index (χ1) is 11.5. The third kappa shape index (κ3) is 2.43. The van der Waals surface area contributed by atoms with Crippen LogP contribution in [0.5, 0.6) is 5.75 Å². The maximum absolute atomic E-state index is 15.5. The van der Waals surface area contributed by atoms with Crippen molar-refractivity contribution in [1.82, 2.24) is 4.90 Å². The fourth-order valence-electron chi connectivity index (χ4n) is 3.25. The first-order valence-electron chi connectivity index (χ1n) is 7.83. The number of nitrogens with zero attached hydrogens (tertiary/aromatic N) is 1. The number of esters is 1. The monoisotopic (exact) mass is 337 g/mol. The van der Waals surface area contributed by atoms with Gasteiger partial charge < -0.3 is 19.1 Å². The standard InChI is InChI=1S/C17H20FNO5/c1-3-24-15(21)17(18)9-19(8-16(17)10-23-11-16)14(20)12-5-4-6-13(7-12)22-2/h4-7H,3,8-11H2,1-2H3/t17-/m1/s1. The van der Waals surface area contributed by atoms with Crippen LogP contribution < -0.4 is 4.74 Å². The molecule has 0 unspecified atom stereocenters. The quantitative estimate of drug-likeness (QED) is 0.778. The van der Waals surface area contributed by atoms with Crippen molar-refractivity contribution >= 4 is 11.9 Å². The Morgan fingerprint density at radius 2 is 2.08 bits per heavy atom. The van der Waals surface area contributed by atoms with Crippen molar-refractivity contribution in [1.29, 1.82) is 0 Å². The van der Waals surface area contributed by atoms with Crippen molar-refractivity contribution in [2.45, 2.75) is 12.6 Å². The summed E-state index contributed by atoms with van der Waals surface area (Å²) < 4.78 is 30.7. The topological polar surface area (TPSA) is 65.1 Å². The van der Waals surface area contributed by atoms with Gasteiger partial charge in [0.2, 0.25) is 5.67 Å². The highest BCUT2D eigenvalue weighted by molar-refractivity contribution is 5.96. The molecule has 7 heteroatoms. The number of carbonyl (C=O) groups is 2. The van der Waals surface area contributed by atoms with E-state index in [0.717, 1.165) is 0 Å². The van der Waals surface area contributed by atoms with E-state index in [1.807, 2.05) is 0 Å². The molecule has 2 heterocycles. The summed E-state index contributed by atoms with van der Waals surface area (Å²) in [4.78, 5) is 26.2. The van der Waals surface area contributed by atoms with Crippen LogP contribution in [0.2, 0.25) is 0 Å². The van der Waals surface area contributed by atoms with Gasteiger partial charge in [-0.25, -0.2) is 9.18 Å². The van der Waals surface area contributed by atoms with Gasteiger partial charge in [0, 0.05) is 12.1 Å². The van der Waals surface area contributed by atoms with Gasteiger partial charge in [-0.15, -0.1) is 0 Å². The number of alkyl halides is 1. The number of hydrogen-bond donors (Lipinski definition) is 0. The Bertz CT molecular complexity index is 660. The Kier molecular flexibility index (Phi) is 4.21. The molecule has 0 aliphatic carbocycles. The molecule has 6 nitrogen and oxygen atoms in total. The summed E-state index contributed by atoms with van der Waals surface area (Å²) in [7, 11) is 1.51. The Morgan fingerprint density at radius 1 is 1.33 bits per heavy atom. The minimum absolute atomic E-state index is 0.0886. The van der Waals surface area contributed by atoms with E-state index < -0.39 is 17.1 Å². The fraction of sp³-hybridized carbons (Fsp3) is 0.529. The lowest BCUT2D eigenvalue weighted by atomic mass is 9.74. The van der Waals surface area contributed by atoms with Crippen molar-refractivity contribution < 1.29 is 28.2 Å². The van der Waals surface area contributed by atoms with Crippen LogP contribution in [0.3, 0.4) is 0 Å². The molecule has 2 saturated heterocycles. The molecule has 0 aromatic heterocycles. The molecule has 130 valence electrons. The first kappa shape index (κ1) is 16.7. The molecule has 0 saturated carbocycles. The summed E-state index contributed by atoms with van der Waals surface area (Å²) in [6.45, 7) is 1.71. The van der Waals surface area contributed by atoms with Crippen molar-refractivity contribution in [2.24, 2.45) is 5.41 Å². The van der Waals surface area contributed by atoms with Crippen LogP contribution >= 0.6 is 0 Å². The average Bonchev–Trinajstić information content (AvgIpc) is 2.89. The van der Waals surface area contributed by atoms with Crippen LogP contribution in [0.4, 0.5) is 4.39 Å². The predicted octanol–water partition coefficient (Wildman–Crippen LogP) is 1.44. The second kappa shape index (κ2) is 6.05. The van der Waals surface area contributed by atoms with Crippen LogP contribution in [0.25, 0.3) is 0 Å². The van der Waals surface area contributed by atoms with Gasteiger partial charge in [0.15, 0.2) is 0 Å². The molecule has 2 fully saturated rings. The number of halogens is 1. The van der Waals surface area contributed by atoms with Gasteiger partial charge in [-0.2, -0.15) is 0 Å². The Labute approximate surface area is 139 Å². The van der Waals surface area contributed by atoms with Crippen molar-refractivity contribution in [2.75, 3.05) is 40.0 Å². The molecule has 1 spiro atoms. The molecular formula is C17H20FNO5. The maximum atomic E-state index is 15.5. The number of amides is 1. The summed E-state index contributed by atoms with van der Waals surface area (Å²) in [5.41, 5.74) is -2.87. The summed E-state index contributed by atoms with van der Waals surface area (Å²) in [6, 6.07) is 6.64. The Balaban J connectivity index is 1.85. The number of rotatable bonds is 4. The SMILES string of the molecule is CCOC(=O)[C@]1(F)CN(C(=O)c2cccc(OC)c2)CC12COC2.